The van der Waals surface area contributed by atoms with Gasteiger partial charge >= 0.3 is 5.97 Å². The van der Waals surface area contributed by atoms with Gasteiger partial charge in [-0.2, -0.15) is 0 Å². The lowest BCUT2D eigenvalue weighted by Crippen LogP contribution is -2.30. The van der Waals surface area contributed by atoms with Crippen LogP contribution in [0.15, 0.2) is 66.7 Å². The highest BCUT2D eigenvalue weighted by atomic mass is 16.5. The average Bonchev–Trinajstić information content (AvgIpc) is 2.67. The van der Waals surface area contributed by atoms with E-state index in [-0.39, 0.29) is 0 Å². The Balaban J connectivity index is 1.64. The lowest BCUT2D eigenvalue weighted by Gasteiger charge is -2.14. The van der Waals surface area contributed by atoms with E-state index >= 15 is 0 Å². The van der Waals surface area contributed by atoms with Crippen molar-refractivity contribution in [3.05, 3.63) is 77.9 Å². The molecular weight excluding hydrogens is 344 g/mol. The number of ether oxygens (including phenoxy) is 1. The predicted molar refractivity (Wildman–Crippen MR) is 102 cm³/mol. The molecule has 0 unspecified atom stereocenters. The number of carbonyl (C=O) groups is 3. The molecule has 6 heteroatoms. The first-order chi connectivity index (χ1) is 12.9. The second-order valence-electron chi connectivity index (χ2n) is 6.04. The van der Waals surface area contributed by atoms with Crippen LogP contribution in [0.2, 0.25) is 0 Å². The molecule has 0 saturated carbocycles. The second kappa shape index (κ2) is 7.70. The van der Waals surface area contributed by atoms with Crippen molar-refractivity contribution in [3.8, 4) is 0 Å². The molecule has 0 spiro atoms. The molecule has 0 fully saturated rings. The van der Waals surface area contributed by atoms with Gasteiger partial charge < -0.3 is 15.8 Å². The van der Waals surface area contributed by atoms with Gasteiger partial charge in [-0.25, -0.2) is 4.79 Å². The lowest BCUT2D eigenvalue weighted by molar-refractivity contribution is -0.123. The van der Waals surface area contributed by atoms with Crippen LogP contribution < -0.4 is 11.1 Å². The number of carbonyl (C=O) groups excluding carboxylic acids is 3. The number of primary amides is 1. The van der Waals surface area contributed by atoms with Crippen molar-refractivity contribution in [1.29, 1.82) is 0 Å². The lowest BCUT2D eigenvalue weighted by atomic mass is 10.1. The molecule has 0 aliphatic rings. The summed E-state index contributed by atoms with van der Waals surface area (Å²) in [4.78, 5) is 35.6. The minimum Gasteiger partial charge on any atom is -0.449 e. The quantitative estimate of drug-likeness (QED) is 0.681. The van der Waals surface area contributed by atoms with Crippen molar-refractivity contribution >= 4 is 34.2 Å². The summed E-state index contributed by atoms with van der Waals surface area (Å²) in [6, 6.07) is 19.0. The molecule has 0 aliphatic carbocycles. The van der Waals surface area contributed by atoms with Crippen LogP contribution in [0.5, 0.6) is 0 Å². The molecule has 6 nitrogen and oxygen atoms in total. The van der Waals surface area contributed by atoms with E-state index in [1.54, 1.807) is 24.3 Å². The van der Waals surface area contributed by atoms with Crippen LogP contribution in [0.3, 0.4) is 0 Å². The molecular formula is C21H18N2O4. The number of hydrogen-bond acceptors (Lipinski definition) is 4. The van der Waals surface area contributed by atoms with Crippen molar-refractivity contribution in [2.24, 2.45) is 5.73 Å². The second-order valence-corrected chi connectivity index (χ2v) is 6.04. The fourth-order valence-electron chi connectivity index (χ4n) is 2.56. The zero-order chi connectivity index (χ0) is 19.4. The van der Waals surface area contributed by atoms with Crippen LogP contribution in [-0.4, -0.2) is 23.9 Å². The number of rotatable bonds is 5. The number of esters is 1. The summed E-state index contributed by atoms with van der Waals surface area (Å²) in [5.41, 5.74) is 6.36. The highest BCUT2D eigenvalue weighted by molar-refractivity contribution is 5.99. The van der Waals surface area contributed by atoms with Gasteiger partial charge in [-0.15, -0.1) is 0 Å². The van der Waals surface area contributed by atoms with Gasteiger partial charge in [0.1, 0.15) is 0 Å². The summed E-state index contributed by atoms with van der Waals surface area (Å²) >= 11 is 0. The van der Waals surface area contributed by atoms with Crippen molar-refractivity contribution in [1.82, 2.24) is 0 Å². The molecule has 0 heterocycles. The zero-order valence-corrected chi connectivity index (χ0v) is 14.6. The molecule has 3 aromatic carbocycles. The Labute approximate surface area is 155 Å². The highest BCUT2D eigenvalue weighted by Gasteiger charge is 2.19. The van der Waals surface area contributed by atoms with Gasteiger partial charge in [0.15, 0.2) is 6.10 Å². The Kier molecular flexibility index (Phi) is 5.17. The standard InChI is InChI=1S/C21H18N2O4/c1-13(20(25)23-18-10-8-15(9-11-18)19(22)24)27-21(26)17-7-6-14-4-2-3-5-16(14)12-17/h2-13H,1H3,(H2,22,24)(H,23,25)/t13-/m0/s1. The third kappa shape index (κ3) is 4.30. The summed E-state index contributed by atoms with van der Waals surface area (Å²) in [7, 11) is 0. The predicted octanol–water partition coefficient (Wildman–Crippen LogP) is 3.12. The van der Waals surface area contributed by atoms with Crippen LogP contribution in [0, 0.1) is 0 Å². The van der Waals surface area contributed by atoms with Crippen LogP contribution in [0.25, 0.3) is 10.8 Å². The molecule has 0 aliphatic heterocycles. The van der Waals surface area contributed by atoms with E-state index in [1.807, 2.05) is 30.3 Å². The third-order valence-corrected chi connectivity index (χ3v) is 4.08. The largest absolute Gasteiger partial charge is 0.449 e. The van der Waals surface area contributed by atoms with Gasteiger partial charge in [0.05, 0.1) is 5.56 Å². The fraction of sp³-hybridized carbons (Fsp3) is 0.0952. The Hall–Kier alpha value is -3.67. The maximum Gasteiger partial charge on any atom is 0.338 e. The average molecular weight is 362 g/mol. The molecule has 3 N–H and O–H groups in total. The molecule has 3 aromatic rings. The normalized spacial score (nSPS) is 11.6. The van der Waals surface area contributed by atoms with Gasteiger partial charge in [0.2, 0.25) is 5.91 Å². The Morgan fingerprint density at radius 2 is 1.52 bits per heavy atom. The van der Waals surface area contributed by atoms with Gasteiger partial charge in [-0.05, 0) is 54.1 Å². The fourth-order valence-corrected chi connectivity index (χ4v) is 2.56. The van der Waals surface area contributed by atoms with Gasteiger partial charge in [0, 0.05) is 11.3 Å². The molecule has 3 rings (SSSR count). The van der Waals surface area contributed by atoms with Crippen LogP contribution >= 0.6 is 0 Å². The summed E-state index contributed by atoms with van der Waals surface area (Å²) in [5, 5.41) is 4.55. The molecule has 1 atom stereocenters. The Bertz CT molecular complexity index is 1010. The molecule has 0 bridgehead atoms. The molecule has 136 valence electrons. The summed E-state index contributed by atoms with van der Waals surface area (Å²) in [6.07, 6.45) is -0.986. The van der Waals surface area contributed by atoms with Crippen LogP contribution in [0.1, 0.15) is 27.6 Å². The molecule has 0 radical (unpaired) electrons. The van der Waals surface area contributed by atoms with E-state index in [2.05, 4.69) is 5.32 Å². The van der Waals surface area contributed by atoms with E-state index in [1.165, 1.54) is 19.1 Å². The number of amides is 2. The highest BCUT2D eigenvalue weighted by Crippen LogP contribution is 2.17. The zero-order valence-electron chi connectivity index (χ0n) is 14.6. The maximum absolute atomic E-state index is 12.3. The summed E-state index contributed by atoms with van der Waals surface area (Å²) in [6.45, 7) is 1.49. The number of nitrogens with one attached hydrogen (secondary N) is 1. The van der Waals surface area contributed by atoms with Gasteiger partial charge in [0.25, 0.3) is 5.91 Å². The van der Waals surface area contributed by atoms with E-state index < -0.39 is 23.9 Å². The van der Waals surface area contributed by atoms with Crippen molar-refractivity contribution < 1.29 is 19.1 Å². The van der Waals surface area contributed by atoms with E-state index in [0.29, 0.717) is 16.8 Å². The first kappa shape index (κ1) is 18.1. The SMILES string of the molecule is C[C@H](OC(=O)c1ccc2ccccc2c1)C(=O)Nc1ccc(C(N)=O)cc1. The van der Waals surface area contributed by atoms with E-state index in [0.717, 1.165) is 10.8 Å². The molecule has 27 heavy (non-hydrogen) atoms. The van der Waals surface area contributed by atoms with Gasteiger partial charge in [-0.3, -0.25) is 9.59 Å². The Morgan fingerprint density at radius 3 is 2.19 bits per heavy atom. The number of benzene rings is 3. The van der Waals surface area contributed by atoms with Gasteiger partial charge in [-0.1, -0.05) is 30.3 Å². The minimum absolute atomic E-state index is 0.337. The monoisotopic (exact) mass is 362 g/mol. The first-order valence-electron chi connectivity index (χ1n) is 8.34. The van der Waals surface area contributed by atoms with Crippen molar-refractivity contribution in [3.63, 3.8) is 0 Å². The topological polar surface area (TPSA) is 98.5 Å². The molecule has 0 aromatic heterocycles. The van der Waals surface area contributed by atoms with Crippen molar-refractivity contribution in [2.45, 2.75) is 13.0 Å². The third-order valence-electron chi connectivity index (χ3n) is 4.08. The van der Waals surface area contributed by atoms with Crippen LogP contribution in [0.4, 0.5) is 5.69 Å². The first-order valence-corrected chi connectivity index (χ1v) is 8.34. The van der Waals surface area contributed by atoms with Crippen LogP contribution in [-0.2, 0) is 9.53 Å². The number of hydrogen-bond donors (Lipinski definition) is 2. The number of fused-ring (bicyclic) bond motifs is 1. The smallest absolute Gasteiger partial charge is 0.338 e. The summed E-state index contributed by atoms with van der Waals surface area (Å²) < 4.78 is 5.26. The number of anilines is 1. The van der Waals surface area contributed by atoms with E-state index in [4.69, 9.17) is 10.5 Å². The summed E-state index contributed by atoms with van der Waals surface area (Å²) in [5.74, 6) is -1.60. The minimum atomic E-state index is -0.986. The Morgan fingerprint density at radius 1 is 0.889 bits per heavy atom. The molecule has 2 amide bonds. The van der Waals surface area contributed by atoms with Crippen molar-refractivity contribution in [2.75, 3.05) is 5.32 Å². The maximum atomic E-state index is 12.3. The van der Waals surface area contributed by atoms with E-state index in [9.17, 15) is 14.4 Å². The molecule has 0 saturated heterocycles. The number of nitrogens with two attached hydrogens (primary N) is 1.